The zero-order valence-electron chi connectivity index (χ0n) is 9.12. The molecule has 1 amide bonds. The Labute approximate surface area is 89.6 Å². The Morgan fingerprint density at radius 2 is 2.13 bits per heavy atom. The highest BCUT2D eigenvalue weighted by atomic mass is 16.5. The van der Waals surface area contributed by atoms with Crippen LogP contribution >= 0.6 is 0 Å². The van der Waals surface area contributed by atoms with Gasteiger partial charge in [0.1, 0.15) is 0 Å². The van der Waals surface area contributed by atoms with Crippen molar-refractivity contribution in [2.75, 3.05) is 26.8 Å². The first kappa shape index (κ1) is 10.6. The molecule has 1 saturated heterocycles. The number of nitrogens with zero attached hydrogens (tertiary/aromatic N) is 1. The molecule has 0 bridgehead atoms. The van der Waals surface area contributed by atoms with Gasteiger partial charge in [-0.1, -0.05) is 6.42 Å². The predicted molar refractivity (Wildman–Crippen MR) is 54.4 cm³/mol. The summed E-state index contributed by atoms with van der Waals surface area (Å²) in [7, 11) is 1.69. The molecule has 0 aromatic heterocycles. The molecule has 0 spiro atoms. The monoisotopic (exact) mass is 211 g/mol. The molecule has 2 aliphatic rings. The number of carbonyl (C=O) groups is 2. The molecule has 0 N–H and O–H groups in total. The summed E-state index contributed by atoms with van der Waals surface area (Å²) in [6.45, 7) is 1.71. The van der Waals surface area contributed by atoms with Gasteiger partial charge < -0.3 is 9.64 Å². The van der Waals surface area contributed by atoms with Crippen LogP contribution in [0, 0.1) is 5.41 Å². The molecule has 0 aromatic rings. The van der Waals surface area contributed by atoms with E-state index in [9.17, 15) is 9.59 Å². The molecular weight excluding hydrogens is 194 g/mol. The fourth-order valence-corrected chi connectivity index (χ4v) is 2.52. The van der Waals surface area contributed by atoms with Crippen LogP contribution in [0.4, 0.5) is 0 Å². The SMILES string of the molecule is COCC1(CN2CC(=O)CC2=O)CCC1. The maximum absolute atomic E-state index is 11.5. The van der Waals surface area contributed by atoms with Crippen LogP contribution in [-0.4, -0.2) is 43.4 Å². The van der Waals surface area contributed by atoms with Gasteiger partial charge >= 0.3 is 0 Å². The number of carbonyl (C=O) groups excluding carboxylic acids is 2. The number of rotatable bonds is 4. The molecule has 15 heavy (non-hydrogen) atoms. The van der Waals surface area contributed by atoms with E-state index in [4.69, 9.17) is 4.74 Å². The molecule has 4 heteroatoms. The second-order valence-electron chi connectivity index (χ2n) is 4.75. The largest absolute Gasteiger partial charge is 0.384 e. The number of hydrogen-bond donors (Lipinski definition) is 0. The second-order valence-corrected chi connectivity index (χ2v) is 4.75. The Kier molecular flexibility index (Phi) is 2.78. The van der Waals surface area contributed by atoms with Crippen molar-refractivity contribution in [3.05, 3.63) is 0 Å². The van der Waals surface area contributed by atoms with E-state index in [-0.39, 0.29) is 23.5 Å². The lowest BCUT2D eigenvalue weighted by Gasteiger charge is -2.43. The van der Waals surface area contributed by atoms with Gasteiger partial charge in [-0.25, -0.2) is 0 Å². The molecule has 2 fully saturated rings. The molecule has 2 rings (SSSR count). The fourth-order valence-electron chi connectivity index (χ4n) is 2.52. The molecule has 1 saturated carbocycles. The van der Waals surface area contributed by atoms with Gasteiger partial charge in [-0.15, -0.1) is 0 Å². The van der Waals surface area contributed by atoms with E-state index < -0.39 is 0 Å². The van der Waals surface area contributed by atoms with Crippen LogP contribution in [0.25, 0.3) is 0 Å². The lowest BCUT2D eigenvalue weighted by atomic mass is 9.69. The molecule has 4 nitrogen and oxygen atoms in total. The van der Waals surface area contributed by atoms with E-state index in [0.717, 1.165) is 12.8 Å². The number of Topliss-reactive ketones (excluding diaryl/α,β-unsaturated/α-hetero) is 1. The topological polar surface area (TPSA) is 46.6 Å². The summed E-state index contributed by atoms with van der Waals surface area (Å²) >= 11 is 0. The maximum Gasteiger partial charge on any atom is 0.230 e. The van der Waals surface area contributed by atoms with Gasteiger partial charge in [0.15, 0.2) is 5.78 Å². The van der Waals surface area contributed by atoms with Gasteiger partial charge in [0, 0.05) is 19.1 Å². The van der Waals surface area contributed by atoms with Crippen LogP contribution in [0.2, 0.25) is 0 Å². The van der Waals surface area contributed by atoms with E-state index in [1.807, 2.05) is 0 Å². The highest BCUT2D eigenvalue weighted by Gasteiger charge is 2.41. The third-order valence-corrected chi connectivity index (χ3v) is 3.46. The molecule has 84 valence electrons. The summed E-state index contributed by atoms with van der Waals surface area (Å²) in [5.41, 5.74) is 0.134. The van der Waals surface area contributed by atoms with Crippen molar-refractivity contribution in [1.82, 2.24) is 4.90 Å². The summed E-state index contributed by atoms with van der Waals surface area (Å²) in [4.78, 5) is 24.3. The van der Waals surface area contributed by atoms with Gasteiger partial charge in [0.25, 0.3) is 0 Å². The molecular formula is C11H17NO3. The van der Waals surface area contributed by atoms with Crippen molar-refractivity contribution >= 4 is 11.7 Å². The van der Waals surface area contributed by atoms with Crippen LogP contribution in [0.3, 0.4) is 0 Å². The van der Waals surface area contributed by atoms with Crippen molar-refractivity contribution in [3.63, 3.8) is 0 Å². The smallest absolute Gasteiger partial charge is 0.230 e. The highest BCUT2D eigenvalue weighted by Crippen LogP contribution is 2.42. The first-order chi connectivity index (χ1) is 7.15. The minimum Gasteiger partial charge on any atom is -0.384 e. The van der Waals surface area contributed by atoms with E-state index in [1.54, 1.807) is 12.0 Å². The molecule has 0 atom stereocenters. The molecule has 1 heterocycles. The average molecular weight is 211 g/mol. The summed E-state index contributed by atoms with van der Waals surface area (Å²) in [6, 6.07) is 0. The van der Waals surface area contributed by atoms with E-state index in [0.29, 0.717) is 19.7 Å². The number of likely N-dealkylation sites (tertiary alicyclic amines) is 1. The normalized spacial score (nSPS) is 24.5. The number of ketones is 1. The van der Waals surface area contributed by atoms with Crippen LogP contribution in [0.15, 0.2) is 0 Å². The first-order valence-corrected chi connectivity index (χ1v) is 5.44. The average Bonchev–Trinajstić information content (AvgIpc) is 2.42. The predicted octanol–water partition coefficient (Wildman–Crippen LogP) is 0.605. The van der Waals surface area contributed by atoms with E-state index >= 15 is 0 Å². The number of amides is 1. The van der Waals surface area contributed by atoms with Crippen LogP contribution < -0.4 is 0 Å². The zero-order valence-corrected chi connectivity index (χ0v) is 9.12. The third kappa shape index (κ3) is 2.04. The highest BCUT2D eigenvalue weighted by molar-refractivity contribution is 6.05. The van der Waals surface area contributed by atoms with Crippen molar-refractivity contribution in [1.29, 1.82) is 0 Å². The molecule has 0 aromatic carbocycles. The quantitative estimate of drug-likeness (QED) is 0.640. The lowest BCUT2D eigenvalue weighted by molar-refractivity contribution is -0.131. The van der Waals surface area contributed by atoms with Gasteiger partial charge in [-0.3, -0.25) is 9.59 Å². The van der Waals surface area contributed by atoms with Crippen molar-refractivity contribution < 1.29 is 14.3 Å². The van der Waals surface area contributed by atoms with Gasteiger partial charge in [0.2, 0.25) is 5.91 Å². The van der Waals surface area contributed by atoms with Crippen LogP contribution in [0.5, 0.6) is 0 Å². The van der Waals surface area contributed by atoms with Crippen molar-refractivity contribution in [2.24, 2.45) is 5.41 Å². The van der Waals surface area contributed by atoms with Gasteiger partial charge in [-0.05, 0) is 12.8 Å². The molecule has 0 unspecified atom stereocenters. The van der Waals surface area contributed by atoms with Crippen LogP contribution in [0.1, 0.15) is 25.7 Å². The van der Waals surface area contributed by atoms with Crippen molar-refractivity contribution in [3.8, 4) is 0 Å². The Morgan fingerprint density at radius 1 is 1.40 bits per heavy atom. The standard InChI is InChI=1S/C11H17NO3/c1-15-8-11(3-2-4-11)7-12-6-9(13)5-10(12)14/h2-8H2,1H3. The Bertz CT molecular complexity index is 284. The van der Waals surface area contributed by atoms with Crippen LogP contribution in [-0.2, 0) is 14.3 Å². The lowest BCUT2D eigenvalue weighted by Crippen LogP contribution is -2.45. The number of hydrogen-bond acceptors (Lipinski definition) is 3. The number of methoxy groups -OCH3 is 1. The maximum atomic E-state index is 11.5. The minimum absolute atomic E-state index is 0.0117. The summed E-state index contributed by atoms with van der Waals surface area (Å²) in [6.07, 6.45) is 3.53. The van der Waals surface area contributed by atoms with Gasteiger partial charge in [-0.2, -0.15) is 0 Å². The van der Waals surface area contributed by atoms with Gasteiger partial charge in [0.05, 0.1) is 19.6 Å². The Morgan fingerprint density at radius 3 is 2.53 bits per heavy atom. The molecule has 0 radical (unpaired) electrons. The van der Waals surface area contributed by atoms with Crippen molar-refractivity contribution in [2.45, 2.75) is 25.7 Å². The second kappa shape index (κ2) is 3.93. The summed E-state index contributed by atoms with van der Waals surface area (Å²) < 4.78 is 5.20. The third-order valence-electron chi connectivity index (χ3n) is 3.46. The summed E-state index contributed by atoms with van der Waals surface area (Å²) in [5, 5.41) is 0. The number of ether oxygens (including phenoxy) is 1. The Hall–Kier alpha value is -0.900. The summed E-state index contributed by atoms with van der Waals surface area (Å²) in [5.74, 6) is 0.0364. The molecule has 1 aliphatic heterocycles. The fraction of sp³-hybridized carbons (Fsp3) is 0.818. The Balaban J connectivity index is 1.95. The zero-order chi connectivity index (χ0) is 10.9. The molecule has 1 aliphatic carbocycles. The first-order valence-electron chi connectivity index (χ1n) is 5.44. The van der Waals surface area contributed by atoms with E-state index in [2.05, 4.69) is 0 Å². The minimum atomic E-state index is -0.0117. The van der Waals surface area contributed by atoms with E-state index in [1.165, 1.54) is 6.42 Å².